The van der Waals surface area contributed by atoms with Gasteiger partial charge in [-0.2, -0.15) is 0 Å². The smallest absolute Gasteiger partial charge is 0.327 e. The number of anilines is 2. The van der Waals surface area contributed by atoms with Crippen LogP contribution in [0, 0.1) is 0 Å². The number of benzene rings is 1. The Balaban J connectivity index is 2.13. The van der Waals surface area contributed by atoms with Crippen LogP contribution < -0.4 is 10.2 Å². The van der Waals surface area contributed by atoms with Crippen LogP contribution in [0.15, 0.2) is 42.9 Å². The second kappa shape index (κ2) is 3.86. The number of nitrogens with zero attached hydrogens (tertiary/aromatic N) is 3. The fraction of sp³-hybridized carbons (Fsp3) is 0.0833. The van der Waals surface area contributed by atoms with Crippen LogP contribution in [0.5, 0.6) is 0 Å². The van der Waals surface area contributed by atoms with Gasteiger partial charge < -0.3 is 5.32 Å². The maximum atomic E-state index is 11.9. The summed E-state index contributed by atoms with van der Waals surface area (Å²) in [5, 5.41) is 2.79. The molecule has 0 fully saturated rings. The van der Waals surface area contributed by atoms with Crippen molar-refractivity contribution >= 4 is 17.5 Å². The van der Waals surface area contributed by atoms with Crippen LogP contribution in [-0.4, -0.2) is 16.0 Å². The van der Waals surface area contributed by atoms with Crippen LogP contribution in [0.4, 0.5) is 16.3 Å². The molecule has 2 heterocycles. The molecule has 0 spiro atoms. The molecule has 1 aromatic heterocycles. The van der Waals surface area contributed by atoms with Gasteiger partial charge in [0.05, 0.1) is 5.69 Å². The van der Waals surface area contributed by atoms with Crippen molar-refractivity contribution < 1.29 is 4.79 Å². The predicted octanol–water partition coefficient (Wildman–Crippen LogP) is 1.84. The number of hydrogen-bond donors (Lipinski definition) is 1. The van der Waals surface area contributed by atoms with Gasteiger partial charge in [-0.05, 0) is 12.1 Å². The molecule has 2 amide bonds. The maximum Gasteiger partial charge on any atom is 0.327 e. The van der Waals surface area contributed by atoms with Crippen molar-refractivity contribution in [3.63, 3.8) is 0 Å². The molecule has 1 N–H and O–H groups in total. The highest BCUT2D eigenvalue weighted by atomic mass is 16.2. The number of hydrogen-bond acceptors (Lipinski definition) is 3. The Hall–Kier alpha value is -2.43. The molecule has 0 aliphatic carbocycles. The predicted molar refractivity (Wildman–Crippen MR) is 62.8 cm³/mol. The zero-order chi connectivity index (χ0) is 11.7. The van der Waals surface area contributed by atoms with E-state index in [1.54, 1.807) is 11.1 Å². The standard InChI is InChI=1S/C12H10N4O/c17-12-14-7-9-6-13-8-15-11(9)16(12)10-4-2-1-3-5-10/h1-6,8H,7H2,(H,14,17). The molecule has 1 aromatic carbocycles. The topological polar surface area (TPSA) is 58.1 Å². The molecule has 0 saturated heterocycles. The lowest BCUT2D eigenvalue weighted by Crippen LogP contribution is -2.41. The fourth-order valence-corrected chi connectivity index (χ4v) is 1.84. The molecule has 84 valence electrons. The van der Waals surface area contributed by atoms with Gasteiger partial charge in [0.2, 0.25) is 0 Å². The van der Waals surface area contributed by atoms with Gasteiger partial charge in [-0.3, -0.25) is 0 Å². The molecule has 17 heavy (non-hydrogen) atoms. The fourth-order valence-electron chi connectivity index (χ4n) is 1.84. The maximum absolute atomic E-state index is 11.9. The zero-order valence-corrected chi connectivity index (χ0v) is 9.00. The zero-order valence-electron chi connectivity index (χ0n) is 9.00. The second-order valence-electron chi connectivity index (χ2n) is 3.70. The number of carbonyl (C=O) groups excluding carboxylic acids is 1. The van der Waals surface area contributed by atoms with Crippen LogP contribution in [0.2, 0.25) is 0 Å². The monoisotopic (exact) mass is 226 g/mol. The first-order valence-electron chi connectivity index (χ1n) is 5.28. The SMILES string of the molecule is O=C1NCc2cncnc2N1c1ccccc1. The van der Waals surface area contributed by atoms with Crippen molar-refractivity contribution in [3.8, 4) is 0 Å². The van der Waals surface area contributed by atoms with Gasteiger partial charge in [0.15, 0.2) is 0 Å². The average molecular weight is 226 g/mol. The van der Waals surface area contributed by atoms with E-state index in [2.05, 4.69) is 15.3 Å². The van der Waals surface area contributed by atoms with Crippen LogP contribution in [-0.2, 0) is 6.54 Å². The Morgan fingerprint density at radius 3 is 2.88 bits per heavy atom. The lowest BCUT2D eigenvalue weighted by atomic mass is 10.2. The lowest BCUT2D eigenvalue weighted by molar-refractivity contribution is 0.247. The quantitative estimate of drug-likeness (QED) is 0.807. The van der Waals surface area contributed by atoms with Crippen LogP contribution >= 0.6 is 0 Å². The van der Waals surface area contributed by atoms with Crippen molar-refractivity contribution in [2.24, 2.45) is 0 Å². The van der Waals surface area contributed by atoms with Crippen LogP contribution in [0.3, 0.4) is 0 Å². The summed E-state index contributed by atoms with van der Waals surface area (Å²) >= 11 is 0. The number of fused-ring (bicyclic) bond motifs is 1. The largest absolute Gasteiger partial charge is 0.333 e. The minimum Gasteiger partial charge on any atom is -0.333 e. The summed E-state index contributed by atoms with van der Waals surface area (Å²) in [5.74, 6) is 0.648. The minimum atomic E-state index is -0.164. The van der Waals surface area contributed by atoms with Gasteiger partial charge in [-0.25, -0.2) is 19.7 Å². The third-order valence-corrected chi connectivity index (χ3v) is 2.62. The molecule has 5 heteroatoms. The van der Waals surface area contributed by atoms with Gasteiger partial charge in [0, 0.05) is 18.3 Å². The number of para-hydroxylation sites is 1. The first-order valence-corrected chi connectivity index (χ1v) is 5.28. The van der Waals surface area contributed by atoms with Gasteiger partial charge >= 0.3 is 6.03 Å². The van der Waals surface area contributed by atoms with E-state index >= 15 is 0 Å². The van der Waals surface area contributed by atoms with Gasteiger partial charge in [0.25, 0.3) is 0 Å². The molecule has 1 aliphatic rings. The summed E-state index contributed by atoms with van der Waals surface area (Å²) < 4.78 is 0. The highest BCUT2D eigenvalue weighted by Gasteiger charge is 2.26. The summed E-state index contributed by atoms with van der Waals surface area (Å²) in [6, 6.07) is 9.26. The van der Waals surface area contributed by atoms with E-state index in [0.29, 0.717) is 12.4 Å². The molecule has 0 unspecified atom stereocenters. The van der Waals surface area contributed by atoms with E-state index in [9.17, 15) is 4.79 Å². The Kier molecular flexibility index (Phi) is 2.22. The molecule has 2 aromatic rings. The average Bonchev–Trinajstić information content (AvgIpc) is 2.39. The van der Waals surface area contributed by atoms with E-state index in [-0.39, 0.29) is 6.03 Å². The number of amides is 2. The third kappa shape index (κ3) is 1.61. The molecular weight excluding hydrogens is 216 g/mol. The number of rotatable bonds is 1. The van der Waals surface area contributed by atoms with E-state index in [1.807, 2.05) is 30.3 Å². The van der Waals surface area contributed by atoms with E-state index < -0.39 is 0 Å². The Labute approximate surface area is 98.1 Å². The Morgan fingerprint density at radius 1 is 1.24 bits per heavy atom. The summed E-state index contributed by atoms with van der Waals surface area (Å²) in [5.41, 5.74) is 1.71. The highest BCUT2D eigenvalue weighted by Crippen LogP contribution is 2.28. The van der Waals surface area contributed by atoms with Crippen LogP contribution in [0.25, 0.3) is 0 Å². The van der Waals surface area contributed by atoms with E-state index in [1.165, 1.54) is 6.33 Å². The molecule has 1 aliphatic heterocycles. The molecule has 0 radical (unpaired) electrons. The molecule has 5 nitrogen and oxygen atoms in total. The molecule has 3 rings (SSSR count). The molecule has 0 bridgehead atoms. The van der Waals surface area contributed by atoms with Gasteiger partial charge in [-0.1, -0.05) is 18.2 Å². The van der Waals surface area contributed by atoms with Crippen molar-refractivity contribution in [1.29, 1.82) is 0 Å². The molecule has 0 saturated carbocycles. The molecular formula is C12H10N4O. The van der Waals surface area contributed by atoms with Crippen molar-refractivity contribution in [3.05, 3.63) is 48.4 Å². The summed E-state index contributed by atoms with van der Waals surface area (Å²) in [6.07, 6.45) is 3.17. The number of carbonyl (C=O) groups is 1. The third-order valence-electron chi connectivity index (χ3n) is 2.62. The number of urea groups is 1. The molecule has 0 atom stereocenters. The Bertz CT molecular complexity index is 555. The van der Waals surface area contributed by atoms with Gasteiger partial charge in [-0.15, -0.1) is 0 Å². The lowest BCUT2D eigenvalue weighted by Gasteiger charge is -2.28. The number of aromatic nitrogens is 2. The number of nitrogens with one attached hydrogen (secondary N) is 1. The Morgan fingerprint density at radius 2 is 2.06 bits per heavy atom. The van der Waals surface area contributed by atoms with Crippen molar-refractivity contribution in [1.82, 2.24) is 15.3 Å². The van der Waals surface area contributed by atoms with E-state index in [4.69, 9.17) is 0 Å². The summed E-state index contributed by atoms with van der Waals surface area (Å²) in [6.45, 7) is 0.471. The highest BCUT2D eigenvalue weighted by molar-refractivity contribution is 6.00. The van der Waals surface area contributed by atoms with Crippen molar-refractivity contribution in [2.45, 2.75) is 6.54 Å². The minimum absolute atomic E-state index is 0.164. The summed E-state index contributed by atoms with van der Waals surface area (Å²) in [7, 11) is 0. The first kappa shape index (κ1) is 9.77. The van der Waals surface area contributed by atoms with E-state index in [0.717, 1.165) is 11.3 Å². The van der Waals surface area contributed by atoms with Gasteiger partial charge in [0.1, 0.15) is 12.1 Å². The first-order chi connectivity index (χ1) is 8.36. The van der Waals surface area contributed by atoms with Crippen molar-refractivity contribution in [2.75, 3.05) is 4.90 Å². The van der Waals surface area contributed by atoms with Crippen LogP contribution in [0.1, 0.15) is 5.56 Å². The normalized spacial score (nSPS) is 14.1. The second-order valence-corrected chi connectivity index (χ2v) is 3.70. The summed E-state index contributed by atoms with van der Waals surface area (Å²) in [4.78, 5) is 21.6.